The van der Waals surface area contributed by atoms with E-state index in [9.17, 15) is 0 Å². The van der Waals surface area contributed by atoms with E-state index in [1.54, 1.807) is 0 Å². The van der Waals surface area contributed by atoms with Crippen LogP contribution >= 0.6 is 15.9 Å². The molecule has 18 heavy (non-hydrogen) atoms. The maximum absolute atomic E-state index is 3.81. The molecule has 0 aromatic heterocycles. The highest BCUT2D eigenvalue weighted by molar-refractivity contribution is 9.09. The minimum absolute atomic E-state index is 0.598. The molecule has 0 amide bonds. The van der Waals surface area contributed by atoms with Crippen LogP contribution in [0.2, 0.25) is 0 Å². The normalized spacial score (nSPS) is 13.1. The molecule has 0 N–H and O–H groups in total. The van der Waals surface area contributed by atoms with Gasteiger partial charge in [0, 0.05) is 4.83 Å². The molecule has 0 aliphatic heterocycles. The molecular weight excluding hydrogens is 284 g/mol. The van der Waals surface area contributed by atoms with Crippen molar-refractivity contribution in [3.8, 4) is 0 Å². The van der Waals surface area contributed by atoms with Crippen molar-refractivity contribution >= 4 is 26.7 Å². The SMILES string of the molecule is CC(C)CCC(Br)Cc1ccc2ccccc2c1. The lowest BCUT2D eigenvalue weighted by Gasteiger charge is -2.12. The van der Waals surface area contributed by atoms with Gasteiger partial charge in [-0.15, -0.1) is 0 Å². The van der Waals surface area contributed by atoms with Crippen molar-refractivity contribution in [2.75, 3.05) is 0 Å². The van der Waals surface area contributed by atoms with Gasteiger partial charge in [0.15, 0.2) is 0 Å². The number of halogens is 1. The van der Waals surface area contributed by atoms with Crippen molar-refractivity contribution in [3.05, 3.63) is 48.0 Å². The van der Waals surface area contributed by atoms with Crippen LogP contribution in [-0.2, 0) is 6.42 Å². The Labute approximate surface area is 119 Å². The third-order valence-electron chi connectivity index (χ3n) is 3.33. The number of benzene rings is 2. The number of hydrogen-bond acceptors (Lipinski definition) is 0. The highest BCUT2D eigenvalue weighted by atomic mass is 79.9. The molecule has 2 aromatic carbocycles. The van der Waals surface area contributed by atoms with Crippen LogP contribution in [0, 0.1) is 5.92 Å². The third-order valence-corrected chi connectivity index (χ3v) is 4.11. The van der Waals surface area contributed by atoms with Gasteiger partial charge < -0.3 is 0 Å². The predicted molar refractivity (Wildman–Crippen MR) is 84.4 cm³/mol. The van der Waals surface area contributed by atoms with Gasteiger partial charge in [-0.25, -0.2) is 0 Å². The Morgan fingerprint density at radius 1 is 0.944 bits per heavy atom. The Hall–Kier alpha value is -0.820. The first-order chi connectivity index (χ1) is 8.65. The zero-order valence-electron chi connectivity index (χ0n) is 11.2. The van der Waals surface area contributed by atoms with E-state index in [0.717, 1.165) is 12.3 Å². The van der Waals surface area contributed by atoms with E-state index in [-0.39, 0.29) is 0 Å². The van der Waals surface area contributed by atoms with Crippen molar-refractivity contribution < 1.29 is 0 Å². The fourth-order valence-electron chi connectivity index (χ4n) is 2.24. The summed E-state index contributed by atoms with van der Waals surface area (Å²) in [5.74, 6) is 0.793. The van der Waals surface area contributed by atoms with Crippen LogP contribution in [0.3, 0.4) is 0 Å². The number of alkyl halides is 1. The summed E-state index contributed by atoms with van der Waals surface area (Å²) in [4.78, 5) is 0.598. The monoisotopic (exact) mass is 304 g/mol. The molecule has 1 heteroatoms. The molecule has 0 radical (unpaired) electrons. The Morgan fingerprint density at radius 3 is 2.39 bits per heavy atom. The smallest absolute Gasteiger partial charge is 0.0186 e. The third kappa shape index (κ3) is 3.84. The van der Waals surface area contributed by atoms with Crippen molar-refractivity contribution in [2.45, 2.75) is 37.9 Å². The molecule has 0 fully saturated rings. The van der Waals surface area contributed by atoms with Gasteiger partial charge in [-0.05, 0) is 41.5 Å². The average Bonchev–Trinajstić information content (AvgIpc) is 2.36. The van der Waals surface area contributed by atoms with Crippen LogP contribution in [0.1, 0.15) is 32.3 Å². The Morgan fingerprint density at radius 2 is 1.67 bits per heavy atom. The van der Waals surface area contributed by atoms with E-state index in [4.69, 9.17) is 0 Å². The van der Waals surface area contributed by atoms with Gasteiger partial charge in [-0.1, -0.05) is 72.2 Å². The fourth-order valence-corrected chi connectivity index (χ4v) is 2.88. The second-order valence-corrected chi connectivity index (χ2v) is 6.75. The van der Waals surface area contributed by atoms with Gasteiger partial charge in [-0.2, -0.15) is 0 Å². The quantitative estimate of drug-likeness (QED) is 0.632. The highest BCUT2D eigenvalue weighted by Gasteiger charge is 2.07. The molecule has 0 nitrogen and oxygen atoms in total. The van der Waals surface area contributed by atoms with E-state index in [2.05, 4.69) is 72.2 Å². The lowest BCUT2D eigenvalue weighted by atomic mass is 10.0. The van der Waals surface area contributed by atoms with Crippen LogP contribution < -0.4 is 0 Å². The molecule has 0 saturated carbocycles. The van der Waals surface area contributed by atoms with Crippen LogP contribution in [0.4, 0.5) is 0 Å². The largest absolute Gasteiger partial charge is 0.0887 e. The Kier molecular flexibility index (Phi) is 4.82. The molecule has 2 rings (SSSR count). The second kappa shape index (κ2) is 6.38. The number of hydrogen-bond donors (Lipinski definition) is 0. The molecule has 0 spiro atoms. The maximum Gasteiger partial charge on any atom is 0.0186 e. The molecule has 0 heterocycles. The molecular formula is C17H21Br. The van der Waals surface area contributed by atoms with Crippen LogP contribution in [0.15, 0.2) is 42.5 Å². The van der Waals surface area contributed by atoms with E-state index in [0.29, 0.717) is 4.83 Å². The lowest BCUT2D eigenvalue weighted by molar-refractivity contribution is 0.547. The van der Waals surface area contributed by atoms with Gasteiger partial charge in [0.2, 0.25) is 0 Å². The van der Waals surface area contributed by atoms with Crippen molar-refractivity contribution in [2.24, 2.45) is 5.92 Å². The zero-order chi connectivity index (χ0) is 13.0. The minimum atomic E-state index is 0.598. The number of rotatable bonds is 5. The Balaban J connectivity index is 2.03. The molecule has 1 atom stereocenters. The summed E-state index contributed by atoms with van der Waals surface area (Å²) >= 11 is 3.81. The maximum atomic E-state index is 3.81. The predicted octanol–water partition coefficient (Wildman–Crippen LogP) is 5.58. The first kappa shape index (κ1) is 13.6. The number of fused-ring (bicyclic) bond motifs is 1. The minimum Gasteiger partial charge on any atom is -0.0887 e. The van der Waals surface area contributed by atoms with Gasteiger partial charge in [0.25, 0.3) is 0 Å². The van der Waals surface area contributed by atoms with Crippen LogP contribution in [-0.4, -0.2) is 4.83 Å². The van der Waals surface area contributed by atoms with E-state index in [1.165, 1.54) is 29.2 Å². The molecule has 2 aromatic rings. The average molecular weight is 305 g/mol. The summed E-state index contributed by atoms with van der Waals surface area (Å²) in [7, 11) is 0. The van der Waals surface area contributed by atoms with Gasteiger partial charge in [0.1, 0.15) is 0 Å². The van der Waals surface area contributed by atoms with Crippen LogP contribution in [0.5, 0.6) is 0 Å². The zero-order valence-corrected chi connectivity index (χ0v) is 12.8. The molecule has 96 valence electrons. The van der Waals surface area contributed by atoms with E-state index >= 15 is 0 Å². The van der Waals surface area contributed by atoms with Crippen molar-refractivity contribution in [3.63, 3.8) is 0 Å². The summed E-state index contributed by atoms with van der Waals surface area (Å²) in [6.07, 6.45) is 3.67. The van der Waals surface area contributed by atoms with Gasteiger partial charge >= 0.3 is 0 Å². The topological polar surface area (TPSA) is 0 Å². The first-order valence-electron chi connectivity index (χ1n) is 6.77. The summed E-state index contributed by atoms with van der Waals surface area (Å²) in [6, 6.07) is 15.4. The van der Waals surface area contributed by atoms with Crippen LogP contribution in [0.25, 0.3) is 10.8 Å². The highest BCUT2D eigenvalue weighted by Crippen LogP contribution is 2.21. The lowest BCUT2D eigenvalue weighted by Crippen LogP contribution is -2.04. The fraction of sp³-hybridized carbons (Fsp3) is 0.412. The molecule has 0 bridgehead atoms. The van der Waals surface area contributed by atoms with Crippen molar-refractivity contribution in [1.29, 1.82) is 0 Å². The second-order valence-electron chi connectivity index (χ2n) is 5.45. The summed E-state index contributed by atoms with van der Waals surface area (Å²) < 4.78 is 0. The first-order valence-corrected chi connectivity index (χ1v) is 7.68. The molecule has 0 aliphatic rings. The van der Waals surface area contributed by atoms with Gasteiger partial charge in [-0.3, -0.25) is 0 Å². The summed E-state index contributed by atoms with van der Waals surface area (Å²) in [5.41, 5.74) is 1.43. The molecule has 1 unspecified atom stereocenters. The Bertz CT molecular complexity index is 502. The standard InChI is InChI=1S/C17H21Br/c1-13(2)7-10-17(18)12-14-8-9-15-5-3-4-6-16(15)11-14/h3-6,8-9,11,13,17H,7,10,12H2,1-2H3. The van der Waals surface area contributed by atoms with Gasteiger partial charge in [0.05, 0.1) is 0 Å². The van der Waals surface area contributed by atoms with E-state index in [1.807, 2.05) is 0 Å². The molecule has 0 saturated heterocycles. The summed E-state index contributed by atoms with van der Waals surface area (Å²) in [5, 5.41) is 2.67. The summed E-state index contributed by atoms with van der Waals surface area (Å²) in [6.45, 7) is 4.57. The molecule has 0 aliphatic carbocycles. The van der Waals surface area contributed by atoms with E-state index < -0.39 is 0 Å². The van der Waals surface area contributed by atoms with Crippen molar-refractivity contribution in [1.82, 2.24) is 0 Å².